The SMILES string of the molecule is CN=C(NCCCOCC(C)C)NCc1cccc(OCCN(C)C2CCOCC2)c1. The zero-order valence-corrected chi connectivity index (χ0v) is 19.9. The standard InChI is InChI=1S/C24H42N4O3/c1-20(2)19-30-13-6-11-26-24(25-3)27-18-21-7-5-8-23(17-21)31-16-12-28(4)22-9-14-29-15-10-22/h5,7-8,17,20,22H,6,9-16,18-19H2,1-4H3,(H2,25,26,27). The van der Waals surface area contributed by atoms with Gasteiger partial charge in [0.25, 0.3) is 0 Å². The minimum atomic E-state index is 0.579. The maximum absolute atomic E-state index is 6.00. The van der Waals surface area contributed by atoms with E-state index in [1.807, 2.05) is 12.1 Å². The minimum Gasteiger partial charge on any atom is -0.492 e. The summed E-state index contributed by atoms with van der Waals surface area (Å²) in [5, 5.41) is 6.70. The van der Waals surface area contributed by atoms with Crippen LogP contribution in [0.15, 0.2) is 29.3 Å². The number of likely N-dealkylation sites (N-methyl/N-ethyl adjacent to an activating group) is 1. The van der Waals surface area contributed by atoms with Crippen molar-refractivity contribution in [1.29, 1.82) is 0 Å². The first-order valence-corrected chi connectivity index (χ1v) is 11.6. The van der Waals surface area contributed by atoms with Crippen molar-refractivity contribution in [2.75, 3.05) is 60.2 Å². The van der Waals surface area contributed by atoms with Crippen molar-refractivity contribution in [3.8, 4) is 5.75 Å². The van der Waals surface area contributed by atoms with E-state index in [-0.39, 0.29) is 0 Å². The molecule has 2 N–H and O–H groups in total. The lowest BCUT2D eigenvalue weighted by Gasteiger charge is -2.31. The summed E-state index contributed by atoms with van der Waals surface area (Å²) < 4.78 is 17.1. The third kappa shape index (κ3) is 10.8. The molecule has 1 heterocycles. The third-order valence-corrected chi connectivity index (χ3v) is 5.32. The Morgan fingerprint density at radius 3 is 2.77 bits per heavy atom. The van der Waals surface area contributed by atoms with Crippen LogP contribution >= 0.6 is 0 Å². The van der Waals surface area contributed by atoms with E-state index in [0.717, 1.165) is 70.5 Å². The Balaban J connectivity index is 1.65. The third-order valence-electron chi connectivity index (χ3n) is 5.32. The molecule has 1 fully saturated rings. The molecule has 1 saturated heterocycles. The van der Waals surface area contributed by atoms with Crippen molar-refractivity contribution in [2.24, 2.45) is 10.9 Å². The van der Waals surface area contributed by atoms with Gasteiger partial charge in [0.2, 0.25) is 0 Å². The largest absolute Gasteiger partial charge is 0.492 e. The van der Waals surface area contributed by atoms with Gasteiger partial charge in [-0.05, 0) is 49.9 Å². The van der Waals surface area contributed by atoms with Crippen LogP contribution in [0.4, 0.5) is 0 Å². The van der Waals surface area contributed by atoms with Gasteiger partial charge in [0, 0.05) is 59.2 Å². The second-order valence-corrected chi connectivity index (χ2v) is 8.49. The molecule has 1 aliphatic heterocycles. The highest BCUT2D eigenvalue weighted by Gasteiger charge is 2.17. The van der Waals surface area contributed by atoms with Crippen LogP contribution in [0.5, 0.6) is 5.75 Å². The van der Waals surface area contributed by atoms with Gasteiger partial charge in [0.15, 0.2) is 5.96 Å². The molecule has 1 aromatic rings. The molecule has 0 spiro atoms. The van der Waals surface area contributed by atoms with Crippen molar-refractivity contribution in [2.45, 2.75) is 45.7 Å². The molecule has 2 rings (SSSR count). The Labute approximate surface area is 188 Å². The van der Waals surface area contributed by atoms with E-state index >= 15 is 0 Å². The van der Waals surface area contributed by atoms with Crippen LogP contribution in [0.2, 0.25) is 0 Å². The Morgan fingerprint density at radius 2 is 2.03 bits per heavy atom. The summed E-state index contributed by atoms with van der Waals surface area (Å²) in [4.78, 5) is 6.68. The second kappa shape index (κ2) is 15.1. The highest BCUT2D eigenvalue weighted by Crippen LogP contribution is 2.15. The molecule has 0 atom stereocenters. The number of benzene rings is 1. The number of ether oxygens (including phenoxy) is 3. The molecule has 0 aromatic heterocycles. The zero-order chi connectivity index (χ0) is 22.3. The Bertz CT molecular complexity index is 633. The summed E-state index contributed by atoms with van der Waals surface area (Å²) in [6.45, 7) is 10.8. The number of hydrogen-bond donors (Lipinski definition) is 2. The van der Waals surface area contributed by atoms with E-state index in [4.69, 9.17) is 14.2 Å². The van der Waals surface area contributed by atoms with Crippen LogP contribution in [0.3, 0.4) is 0 Å². The van der Waals surface area contributed by atoms with Crippen molar-refractivity contribution < 1.29 is 14.2 Å². The molecule has 7 nitrogen and oxygen atoms in total. The fraction of sp³-hybridized carbons (Fsp3) is 0.708. The highest BCUT2D eigenvalue weighted by atomic mass is 16.5. The normalized spacial score (nSPS) is 15.5. The van der Waals surface area contributed by atoms with Crippen LogP contribution in [-0.4, -0.2) is 77.1 Å². The van der Waals surface area contributed by atoms with E-state index < -0.39 is 0 Å². The summed E-state index contributed by atoms with van der Waals surface area (Å²) >= 11 is 0. The van der Waals surface area contributed by atoms with Crippen LogP contribution in [0.1, 0.15) is 38.7 Å². The number of aliphatic imine (C=N–C) groups is 1. The Hall–Kier alpha value is -1.83. The van der Waals surface area contributed by atoms with E-state index in [2.05, 4.69) is 53.6 Å². The average molecular weight is 435 g/mol. The first kappa shape index (κ1) is 25.4. The minimum absolute atomic E-state index is 0.579. The molecule has 1 aliphatic rings. The van der Waals surface area contributed by atoms with Gasteiger partial charge in [0.1, 0.15) is 12.4 Å². The monoisotopic (exact) mass is 434 g/mol. The van der Waals surface area contributed by atoms with Crippen molar-refractivity contribution >= 4 is 5.96 Å². The van der Waals surface area contributed by atoms with Gasteiger partial charge >= 0.3 is 0 Å². The predicted molar refractivity (Wildman–Crippen MR) is 127 cm³/mol. The van der Waals surface area contributed by atoms with Crippen molar-refractivity contribution in [3.63, 3.8) is 0 Å². The molecule has 1 aromatic carbocycles. The van der Waals surface area contributed by atoms with Crippen molar-refractivity contribution in [1.82, 2.24) is 15.5 Å². The quantitative estimate of drug-likeness (QED) is 0.283. The number of nitrogens with one attached hydrogen (secondary N) is 2. The van der Waals surface area contributed by atoms with Gasteiger partial charge < -0.3 is 24.8 Å². The van der Waals surface area contributed by atoms with Crippen LogP contribution < -0.4 is 15.4 Å². The van der Waals surface area contributed by atoms with Gasteiger partial charge in [-0.1, -0.05) is 26.0 Å². The Morgan fingerprint density at radius 1 is 1.23 bits per heavy atom. The number of rotatable bonds is 13. The molecular formula is C24H42N4O3. The Kier molecular flexibility index (Phi) is 12.3. The van der Waals surface area contributed by atoms with E-state index in [9.17, 15) is 0 Å². The van der Waals surface area contributed by atoms with Crippen molar-refractivity contribution in [3.05, 3.63) is 29.8 Å². The molecular weight excluding hydrogens is 392 g/mol. The molecule has 0 aliphatic carbocycles. The first-order valence-electron chi connectivity index (χ1n) is 11.6. The summed E-state index contributed by atoms with van der Waals surface area (Å²) in [5.41, 5.74) is 1.17. The summed E-state index contributed by atoms with van der Waals surface area (Å²) in [6, 6.07) is 8.85. The van der Waals surface area contributed by atoms with Gasteiger partial charge in [-0.3, -0.25) is 9.89 Å². The van der Waals surface area contributed by atoms with Gasteiger partial charge in [-0.25, -0.2) is 0 Å². The molecule has 0 bridgehead atoms. The van der Waals surface area contributed by atoms with Crippen LogP contribution in [0.25, 0.3) is 0 Å². The number of guanidine groups is 1. The lowest BCUT2D eigenvalue weighted by Crippen LogP contribution is -2.38. The van der Waals surface area contributed by atoms with Crippen LogP contribution in [-0.2, 0) is 16.0 Å². The molecule has 0 radical (unpaired) electrons. The smallest absolute Gasteiger partial charge is 0.191 e. The van der Waals surface area contributed by atoms with Crippen LogP contribution in [0, 0.1) is 5.92 Å². The topological polar surface area (TPSA) is 67.4 Å². The molecule has 31 heavy (non-hydrogen) atoms. The second-order valence-electron chi connectivity index (χ2n) is 8.49. The summed E-state index contributed by atoms with van der Waals surface area (Å²) in [7, 11) is 3.97. The fourth-order valence-electron chi connectivity index (χ4n) is 3.47. The lowest BCUT2D eigenvalue weighted by atomic mass is 10.1. The molecule has 0 unspecified atom stereocenters. The molecule has 0 amide bonds. The fourth-order valence-corrected chi connectivity index (χ4v) is 3.47. The predicted octanol–water partition coefficient (Wildman–Crippen LogP) is 2.90. The molecule has 7 heteroatoms. The average Bonchev–Trinajstić information content (AvgIpc) is 2.78. The maximum atomic E-state index is 6.00. The number of nitrogens with zero attached hydrogens (tertiary/aromatic N) is 2. The van der Waals surface area contributed by atoms with E-state index in [1.54, 1.807) is 7.05 Å². The number of hydrogen-bond acceptors (Lipinski definition) is 5. The van der Waals surface area contributed by atoms with Gasteiger partial charge in [-0.2, -0.15) is 0 Å². The lowest BCUT2D eigenvalue weighted by molar-refractivity contribution is 0.0392. The van der Waals surface area contributed by atoms with E-state index in [1.165, 1.54) is 5.56 Å². The summed E-state index contributed by atoms with van der Waals surface area (Å²) in [6.07, 6.45) is 3.18. The summed E-state index contributed by atoms with van der Waals surface area (Å²) in [5.74, 6) is 2.29. The molecule has 176 valence electrons. The van der Waals surface area contributed by atoms with Gasteiger partial charge in [0.05, 0.1) is 0 Å². The highest BCUT2D eigenvalue weighted by molar-refractivity contribution is 5.79. The zero-order valence-electron chi connectivity index (χ0n) is 19.9. The van der Waals surface area contributed by atoms with E-state index in [0.29, 0.717) is 25.1 Å². The van der Waals surface area contributed by atoms with Gasteiger partial charge in [-0.15, -0.1) is 0 Å². The first-order chi connectivity index (χ1) is 15.1. The molecule has 0 saturated carbocycles. The maximum Gasteiger partial charge on any atom is 0.191 e.